The number of hydrogen-bond donors (Lipinski definition) is 1. The van der Waals surface area contributed by atoms with Crippen LogP contribution in [-0.4, -0.2) is 11.0 Å². The van der Waals surface area contributed by atoms with Gasteiger partial charge in [-0.3, -0.25) is 4.98 Å². The van der Waals surface area contributed by atoms with Crippen molar-refractivity contribution < 1.29 is 0 Å². The normalized spacial score (nSPS) is 13.0. The summed E-state index contributed by atoms with van der Waals surface area (Å²) in [6, 6.07) is 2.13. The van der Waals surface area contributed by atoms with Crippen molar-refractivity contribution in [1.82, 2.24) is 4.98 Å². The highest BCUT2D eigenvalue weighted by Crippen LogP contribution is 2.14. The molecule has 0 spiro atoms. The van der Waals surface area contributed by atoms with Crippen LogP contribution in [0.5, 0.6) is 0 Å². The molecular weight excluding hydrogens is 172 g/mol. The average molecular weight is 185 g/mol. The lowest BCUT2D eigenvalue weighted by Gasteiger charge is -2.05. The molecule has 0 aliphatic rings. The van der Waals surface area contributed by atoms with E-state index in [2.05, 4.69) is 4.98 Å². The van der Waals surface area contributed by atoms with Crippen molar-refractivity contribution in [3.63, 3.8) is 0 Å². The number of nitrogens with two attached hydrogens (primary N) is 1. The minimum Gasteiger partial charge on any atom is -0.328 e. The Morgan fingerprint density at radius 1 is 1.67 bits per heavy atom. The van der Waals surface area contributed by atoms with Crippen molar-refractivity contribution in [2.75, 3.05) is 0 Å². The summed E-state index contributed by atoms with van der Waals surface area (Å²) in [4.78, 5) is 4.17. The Balaban J connectivity index is 2.82. The maximum atomic E-state index is 5.82. The molecule has 0 aromatic carbocycles. The van der Waals surface area contributed by atoms with Crippen LogP contribution in [0.4, 0.5) is 0 Å². The molecule has 0 bridgehead atoms. The molecule has 12 heavy (non-hydrogen) atoms. The van der Waals surface area contributed by atoms with Gasteiger partial charge in [0, 0.05) is 24.4 Å². The van der Waals surface area contributed by atoms with Gasteiger partial charge in [-0.1, -0.05) is 11.6 Å². The summed E-state index contributed by atoms with van der Waals surface area (Å²) in [6.45, 7) is 3.93. The Bertz CT molecular complexity index is 271. The standard InChI is InChI=1S/C9H13ClN2/c1-6-3-8(4-7(2)11)12-5-9(6)10/h3,5,7H,4,11H2,1-2H3. The first-order valence-corrected chi connectivity index (χ1v) is 4.34. The van der Waals surface area contributed by atoms with Crippen LogP contribution in [-0.2, 0) is 6.42 Å². The first-order chi connectivity index (χ1) is 5.59. The van der Waals surface area contributed by atoms with Crippen molar-refractivity contribution in [3.8, 4) is 0 Å². The number of aryl methyl sites for hydroxylation is 1. The van der Waals surface area contributed by atoms with Crippen molar-refractivity contribution in [2.24, 2.45) is 5.73 Å². The Hall–Kier alpha value is -0.600. The fraction of sp³-hybridized carbons (Fsp3) is 0.444. The van der Waals surface area contributed by atoms with Crippen LogP contribution in [0.3, 0.4) is 0 Å². The summed E-state index contributed by atoms with van der Waals surface area (Å²) in [5.74, 6) is 0. The van der Waals surface area contributed by atoms with E-state index in [4.69, 9.17) is 17.3 Å². The van der Waals surface area contributed by atoms with E-state index in [1.807, 2.05) is 19.9 Å². The fourth-order valence-electron chi connectivity index (χ4n) is 1.04. The monoisotopic (exact) mass is 184 g/mol. The van der Waals surface area contributed by atoms with Gasteiger partial charge in [-0.05, 0) is 25.5 Å². The highest BCUT2D eigenvalue weighted by atomic mass is 35.5. The van der Waals surface area contributed by atoms with Crippen LogP contribution in [0.25, 0.3) is 0 Å². The summed E-state index contributed by atoms with van der Waals surface area (Å²) in [5.41, 5.74) is 7.70. The molecule has 1 aromatic heterocycles. The largest absolute Gasteiger partial charge is 0.328 e. The molecule has 2 N–H and O–H groups in total. The zero-order valence-corrected chi connectivity index (χ0v) is 8.10. The van der Waals surface area contributed by atoms with Crippen molar-refractivity contribution in [2.45, 2.75) is 26.3 Å². The van der Waals surface area contributed by atoms with Crippen LogP contribution in [0.1, 0.15) is 18.2 Å². The van der Waals surface area contributed by atoms with E-state index in [-0.39, 0.29) is 6.04 Å². The number of halogens is 1. The van der Waals surface area contributed by atoms with Gasteiger partial charge in [0.15, 0.2) is 0 Å². The van der Waals surface area contributed by atoms with Gasteiger partial charge in [0.25, 0.3) is 0 Å². The molecule has 0 saturated carbocycles. The molecular formula is C9H13ClN2. The van der Waals surface area contributed by atoms with Gasteiger partial charge in [-0.25, -0.2) is 0 Å². The van der Waals surface area contributed by atoms with Gasteiger partial charge in [0.2, 0.25) is 0 Å². The van der Waals surface area contributed by atoms with Crippen molar-refractivity contribution >= 4 is 11.6 Å². The van der Waals surface area contributed by atoms with Crippen LogP contribution in [0.2, 0.25) is 5.02 Å². The third-order valence-corrected chi connectivity index (χ3v) is 2.03. The van der Waals surface area contributed by atoms with Crippen molar-refractivity contribution in [1.29, 1.82) is 0 Å². The molecule has 1 heterocycles. The molecule has 1 aromatic rings. The van der Waals surface area contributed by atoms with Crippen LogP contribution >= 0.6 is 11.6 Å². The second kappa shape index (κ2) is 3.87. The smallest absolute Gasteiger partial charge is 0.0618 e. The van der Waals surface area contributed by atoms with E-state index >= 15 is 0 Å². The average Bonchev–Trinajstić information content (AvgIpc) is 1.96. The van der Waals surface area contributed by atoms with E-state index in [1.165, 1.54) is 0 Å². The molecule has 1 unspecified atom stereocenters. The van der Waals surface area contributed by atoms with E-state index in [0.29, 0.717) is 5.02 Å². The summed E-state index contributed by atoms with van der Waals surface area (Å²) in [5, 5.41) is 0.712. The van der Waals surface area contributed by atoms with Crippen LogP contribution in [0.15, 0.2) is 12.3 Å². The van der Waals surface area contributed by atoms with Crippen LogP contribution in [0, 0.1) is 6.92 Å². The fourth-order valence-corrected chi connectivity index (χ4v) is 1.14. The lowest BCUT2D eigenvalue weighted by molar-refractivity contribution is 0.721. The lowest BCUT2D eigenvalue weighted by Crippen LogP contribution is -2.18. The maximum absolute atomic E-state index is 5.82. The first kappa shape index (κ1) is 9.49. The number of pyridine rings is 1. The molecule has 66 valence electrons. The SMILES string of the molecule is Cc1cc(CC(C)N)ncc1Cl. The van der Waals surface area contributed by atoms with Gasteiger partial charge in [-0.2, -0.15) is 0 Å². The summed E-state index contributed by atoms with van der Waals surface area (Å²) < 4.78 is 0. The summed E-state index contributed by atoms with van der Waals surface area (Å²) in [7, 11) is 0. The zero-order chi connectivity index (χ0) is 9.14. The van der Waals surface area contributed by atoms with Gasteiger partial charge < -0.3 is 5.73 Å². The Kier molecular flexibility index (Phi) is 3.06. The Labute approximate surface area is 77.8 Å². The first-order valence-electron chi connectivity index (χ1n) is 3.96. The zero-order valence-electron chi connectivity index (χ0n) is 7.34. The van der Waals surface area contributed by atoms with Gasteiger partial charge in [0.05, 0.1) is 5.02 Å². The van der Waals surface area contributed by atoms with E-state index in [1.54, 1.807) is 6.20 Å². The third-order valence-electron chi connectivity index (χ3n) is 1.63. The summed E-state index contributed by atoms with van der Waals surface area (Å²) >= 11 is 5.82. The topological polar surface area (TPSA) is 38.9 Å². The predicted molar refractivity (Wildman–Crippen MR) is 51.3 cm³/mol. The van der Waals surface area contributed by atoms with Crippen LogP contribution < -0.4 is 5.73 Å². The number of hydrogen-bond acceptors (Lipinski definition) is 2. The lowest BCUT2D eigenvalue weighted by atomic mass is 10.1. The van der Waals surface area contributed by atoms with E-state index < -0.39 is 0 Å². The molecule has 0 saturated heterocycles. The second-order valence-corrected chi connectivity index (χ2v) is 3.51. The molecule has 2 nitrogen and oxygen atoms in total. The number of nitrogens with zero attached hydrogens (tertiary/aromatic N) is 1. The second-order valence-electron chi connectivity index (χ2n) is 3.11. The molecule has 0 amide bonds. The molecule has 1 atom stereocenters. The van der Waals surface area contributed by atoms with Gasteiger partial charge in [0.1, 0.15) is 0 Å². The van der Waals surface area contributed by atoms with Gasteiger partial charge >= 0.3 is 0 Å². The summed E-state index contributed by atoms with van der Waals surface area (Å²) in [6.07, 6.45) is 2.48. The number of aromatic nitrogens is 1. The predicted octanol–water partition coefficient (Wildman–Crippen LogP) is 1.93. The van der Waals surface area contributed by atoms with E-state index in [0.717, 1.165) is 17.7 Å². The van der Waals surface area contributed by atoms with Crippen molar-refractivity contribution in [3.05, 3.63) is 28.5 Å². The molecule has 0 aliphatic heterocycles. The highest BCUT2D eigenvalue weighted by Gasteiger charge is 2.01. The Morgan fingerprint density at radius 2 is 2.33 bits per heavy atom. The minimum atomic E-state index is 0.151. The highest BCUT2D eigenvalue weighted by molar-refractivity contribution is 6.31. The number of rotatable bonds is 2. The molecule has 0 radical (unpaired) electrons. The minimum absolute atomic E-state index is 0.151. The quantitative estimate of drug-likeness (QED) is 0.763. The Morgan fingerprint density at radius 3 is 2.83 bits per heavy atom. The third kappa shape index (κ3) is 2.47. The molecule has 1 rings (SSSR count). The van der Waals surface area contributed by atoms with Gasteiger partial charge in [-0.15, -0.1) is 0 Å². The van der Waals surface area contributed by atoms with E-state index in [9.17, 15) is 0 Å². The molecule has 0 fully saturated rings. The maximum Gasteiger partial charge on any atom is 0.0618 e. The molecule has 0 aliphatic carbocycles. The molecule has 3 heteroatoms.